The summed E-state index contributed by atoms with van der Waals surface area (Å²) >= 11 is 0. The first kappa shape index (κ1) is 28.1. The molecule has 6 nitrogen and oxygen atoms in total. The molecule has 0 saturated heterocycles. The molecule has 6 heteroatoms. The molecule has 1 aliphatic rings. The van der Waals surface area contributed by atoms with Crippen molar-refractivity contribution >= 4 is 5.97 Å². The summed E-state index contributed by atoms with van der Waals surface area (Å²) in [4.78, 5) is 11.6. The van der Waals surface area contributed by atoms with Gasteiger partial charge in [-0.2, -0.15) is 0 Å². The Bertz CT molecular complexity index is 514. The van der Waals surface area contributed by atoms with Gasteiger partial charge in [0.15, 0.2) is 5.79 Å². The van der Waals surface area contributed by atoms with E-state index in [4.69, 9.17) is 14.2 Å². The van der Waals surface area contributed by atoms with E-state index in [9.17, 15) is 15.0 Å². The van der Waals surface area contributed by atoms with E-state index in [0.29, 0.717) is 19.3 Å². The second kappa shape index (κ2) is 15.0. The molecule has 0 aromatic rings. The lowest BCUT2D eigenvalue weighted by atomic mass is 9.85. The zero-order chi connectivity index (χ0) is 23.3. The summed E-state index contributed by atoms with van der Waals surface area (Å²) in [6.45, 7) is 5.88. The highest BCUT2D eigenvalue weighted by molar-refractivity contribution is 5.69. The fourth-order valence-electron chi connectivity index (χ4n) is 4.61. The van der Waals surface area contributed by atoms with Crippen LogP contribution in [0.15, 0.2) is 12.2 Å². The van der Waals surface area contributed by atoms with Gasteiger partial charge < -0.3 is 24.4 Å². The first-order valence-corrected chi connectivity index (χ1v) is 12.1. The minimum Gasteiger partial charge on any atom is -0.463 e. The third-order valence-corrected chi connectivity index (χ3v) is 6.48. The highest BCUT2D eigenvalue weighted by atomic mass is 16.7. The molecule has 31 heavy (non-hydrogen) atoms. The first-order valence-electron chi connectivity index (χ1n) is 12.1. The third kappa shape index (κ3) is 10.0. The van der Waals surface area contributed by atoms with Crippen LogP contribution in [0, 0.1) is 11.8 Å². The Kier molecular flexibility index (Phi) is 13.6. The van der Waals surface area contributed by atoms with Crippen LogP contribution in [-0.4, -0.2) is 54.5 Å². The van der Waals surface area contributed by atoms with Crippen molar-refractivity contribution in [3.05, 3.63) is 12.2 Å². The summed E-state index contributed by atoms with van der Waals surface area (Å²) in [7, 11) is 3.37. The first-order chi connectivity index (χ1) is 14.8. The van der Waals surface area contributed by atoms with E-state index < -0.39 is 18.0 Å². The number of carbonyl (C=O) groups is 1. The van der Waals surface area contributed by atoms with E-state index in [0.717, 1.165) is 51.4 Å². The second-order valence-corrected chi connectivity index (χ2v) is 9.15. The molecule has 0 spiro atoms. The molecule has 0 aromatic carbocycles. The number of esters is 1. The number of rotatable bonds is 16. The van der Waals surface area contributed by atoms with Gasteiger partial charge in [-0.25, -0.2) is 0 Å². The molecule has 1 saturated carbocycles. The molecule has 1 aliphatic carbocycles. The summed E-state index contributed by atoms with van der Waals surface area (Å²) in [6, 6.07) is 0. The fraction of sp³-hybridized carbons (Fsp3) is 0.880. The largest absolute Gasteiger partial charge is 0.463 e. The Morgan fingerprint density at radius 2 is 1.71 bits per heavy atom. The predicted molar refractivity (Wildman–Crippen MR) is 123 cm³/mol. The summed E-state index contributed by atoms with van der Waals surface area (Å²) in [5, 5.41) is 21.0. The number of hydrogen-bond acceptors (Lipinski definition) is 6. The van der Waals surface area contributed by atoms with Crippen molar-refractivity contribution < 1.29 is 29.2 Å². The van der Waals surface area contributed by atoms with Gasteiger partial charge in [-0.1, -0.05) is 31.9 Å². The lowest BCUT2D eigenvalue weighted by molar-refractivity contribution is -0.218. The maximum atomic E-state index is 11.6. The Morgan fingerprint density at radius 1 is 1.03 bits per heavy atom. The number of unbranched alkanes of at least 4 members (excludes halogenated alkanes) is 3. The van der Waals surface area contributed by atoms with E-state index in [-0.39, 0.29) is 23.9 Å². The molecule has 0 bridgehead atoms. The van der Waals surface area contributed by atoms with Gasteiger partial charge in [0.2, 0.25) is 0 Å². The summed E-state index contributed by atoms with van der Waals surface area (Å²) in [6.07, 6.45) is 11.8. The topological polar surface area (TPSA) is 85.2 Å². The number of aliphatic hydroxyl groups is 2. The monoisotopic (exact) mass is 442 g/mol. The SMILES string of the molecule is CCCCCC(CC[C@@H]1[C@@H](C/C=C\CCCC(=O)OC(C)C)[C@@H](O)C[C@H]1O)(OC)OC. The normalized spacial score (nSPS) is 24.4. The van der Waals surface area contributed by atoms with E-state index >= 15 is 0 Å². The lowest BCUT2D eigenvalue weighted by Gasteiger charge is -2.33. The highest BCUT2D eigenvalue weighted by Gasteiger charge is 2.42. The molecular weight excluding hydrogens is 396 g/mol. The average molecular weight is 443 g/mol. The Hall–Kier alpha value is -0.950. The van der Waals surface area contributed by atoms with Crippen LogP contribution < -0.4 is 0 Å². The maximum Gasteiger partial charge on any atom is 0.306 e. The molecule has 1 rings (SSSR count). The van der Waals surface area contributed by atoms with Crippen molar-refractivity contribution in [3.63, 3.8) is 0 Å². The zero-order valence-corrected chi connectivity index (χ0v) is 20.3. The molecule has 0 aliphatic heterocycles. The van der Waals surface area contributed by atoms with Gasteiger partial charge in [0.05, 0.1) is 18.3 Å². The van der Waals surface area contributed by atoms with Crippen molar-refractivity contribution in [3.8, 4) is 0 Å². The van der Waals surface area contributed by atoms with E-state index in [1.165, 1.54) is 0 Å². The fourth-order valence-corrected chi connectivity index (χ4v) is 4.61. The summed E-state index contributed by atoms with van der Waals surface area (Å²) < 4.78 is 16.6. The van der Waals surface area contributed by atoms with Crippen molar-refractivity contribution in [1.29, 1.82) is 0 Å². The molecule has 0 amide bonds. The molecule has 2 N–H and O–H groups in total. The van der Waals surface area contributed by atoms with E-state index in [2.05, 4.69) is 19.1 Å². The number of carbonyl (C=O) groups excluding carboxylic acids is 1. The molecule has 0 radical (unpaired) electrons. The van der Waals surface area contributed by atoms with Gasteiger partial charge in [-0.3, -0.25) is 4.79 Å². The van der Waals surface area contributed by atoms with Gasteiger partial charge in [0, 0.05) is 33.5 Å². The molecule has 4 atom stereocenters. The van der Waals surface area contributed by atoms with Crippen LogP contribution in [0.2, 0.25) is 0 Å². The van der Waals surface area contributed by atoms with Crippen LogP contribution in [0.3, 0.4) is 0 Å². The number of ether oxygens (including phenoxy) is 3. The lowest BCUT2D eigenvalue weighted by Crippen LogP contribution is -2.35. The van der Waals surface area contributed by atoms with Crippen LogP contribution in [0.1, 0.15) is 91.4 Å². The number of methoxy groups -OCH3 is 2. The minimum atomic E-state index is -0.618. The van der Waals surface area contributed by atoms with E-state index in [1.807, 2.05) is 13.8 Å². The van der Waals surface area contributed by atoms with E-state index in [1.54, 1.807) is 14.2 Å². The summed E-state index contributed by atoms with van der Waals surface area (Å²) in [5.74, 6) is -0.722. The van der Waals surface area contributed by atoms with Crippen LogP contribution >= 0.6 is 0 Å². The molecule has 0 heterocycles. The van der Waals surface area contributed by atoms with Crippen LogP contribution in [0.5, 0.6) is 0 Å². The van der Waals surface area contributed by atoms with Crippen molar-refractivity contribution in [2.24, 2.45) is 11.8 Å². The van der Waals surface area contributed by atoms with Gasteiger partial charge in [-0.15, -0.1) is 0 Å². The van der Waals surface area contributed by atoms with Crippen molar-refractivity contribution in [2.75, 3.05) is 14.2 Å². The van der Waals surface area contributed by atoms with Gasteiger partial charge >= 0.3 is 5.97 Å². The third-order valence-electron chi connectivity index (χ3n) is 6.48. The molecular formula is C25H46O6. The van der Waals surface area contributed by atoms with Crippen LogP contribution in [0.4, 0.5) is 0 Å². The van der Waals surface area contributed by atoms with Crippen LogP contribution in [-0.2, 0) is 19.0 Å². The van der Waals surface area contributed by atoms with Gasteiger partial charge in [0.25, 0.3) is 0 Å². The highest BCUT2D eigenvalue weighted by Crippen LogP contribution is 2.40. The maximum absolute atomic E-state index is 11.6. The minimum absolute atomic E-state index is 0.0246. The average Bonchev–Trinajstić information content (AvgIpc) is 2.99. The summed E-state index contributed by atoms with van der Waals surface area (Å²) in [5.41, 5.74) is 0. The van der Waals surface area contributed by atoms with Gasteiger partial charge in [-0.05, 0) is 64.2 Å². The van der Waals surface area contributed by atoms with Gasteiger partial charge in [0.1, 0.15) is 0 Å². The molecule has 0 unspecified atom stereocenters. The Balaban J connectivity index is 2.53. The second-order valence-electron chi connectivity index (χ2n) is 9.15. The van der Waals surface area contributed by atoms with Crippen molar-refractivity contribution in [1.82, 2.24) is 0 Å². The molecule has 182 valence electrons. The number of aliphatic hydroxyl groups excluding tert-OH is 2. The number of allylic oxidation sites excluding steroid dienone is 2. The van der Waals surface area contributed by atoms with Crippen molar-refractivity contribution in [2.45, 2.75) is 115 Å². The predicted octanol–water partition coefficient (Wildman–Crippen LogP) is 4.76. The quantitative estimate of drug-likeness (QED) is 0.155. The zero-order valence-electron chi connectivity index (χ0n) is 20.3. The Morgan fingerprint density at radius 3 is 2.32 bits per heavy atom. The van der Waals surface area contributed by atoms with Crippen LogP contribution in [0.25, 0.3) is 0 Å². The smallest absolute Gasteiger partial charge is 0.306 e. The Labute approximate surface area is 189 Å². The number of hydrogen-bond donors (Lipinski definition) is 2. The molecule has 1 fully saturated rings. The molecule has 0 aromatic heterocycles. The standard InChI is InChI=1S/C25H46O6/c1-6-7-12-16-25(29-4,30-5)17-15-21-20(22(26)18-23(21)27)13-10-8-9-11-14-24(28)31-19(2)3/h8,10,19-23,26-27H,6-7,9,11-18H2,1-5H3/b10-8-/t20-,21-,22+,23-/m1/s1.